The van der Waals surface area contributed by atoms with Gasteiger partial charge in [0.2, 0.25) is 0 Å². The predicted molar refractivity (Wildman–Crippen MR) is 53.1 cm³/mol. The molecule has 0 aliphatic heterocycles. The molecule has 0 unspecified atom stereocenters. The summed E-state index contributed by atoms with van der Waals surface area (Å²) in [7, 11) is 1.65. The molecule has 0 aliphatic carbocycles. The summed E-state index contributed by atoms with van der Waals surface area (Å²) in [5.41, 5.74) is 0. The summed E-state index contributed by atoms with van der Waals surface area (Å²) in [5.74, 6) is -0.500. The zero-order valence-electron chi connectivity index (χ0n) is 8.91. The van der Waals surface area contributed by atoms with Gasteiger partial charge in [-0.25, -0.2) is 4.79 Å². The minimum absolute atomic E-state index is 0.329. The number of hydrogen-bond acceptors (Lipinski definition) is 2. The van der Waals surface area contributed by atoms with Crippen LogP contribution in [0.25, 0.3) is 0 Å². The molecule has 0 atom stereocenters. The standard InChI is InChI=1S/C9H18N2O3/c1-7(2)4-5-11(3)9(14)10-6-8(12)13/h7H,4-6H2,1-3H3,(H,10,14)(H,12,13). The Morgan fingerprint density at radius 1 is 1.43 bits per heavy atom. The van der Waals surface area contributed by atoms with Gasteiger partial charge in [0.1, 0.15) is 6.54 Å². The van der Waals surface area contributed by atoms with E-state index in [1.165, 1.54) is 4.90 Å². The third kappa shape index (κ3) is 6.28. The number of carboxylic acids is 1. The van der Waals surface area contributed by atoms with Crippen molar-refractivity contribution in [2.45, 2.75) is 20.3 Å². The Morgan fingerprint density at radius 2 is 2.00 bits per heavy atom. The van der Waals surface area contributed by atoms with Crippen LogP contribution in [0.2, 0.25) is 0 Å². The van der Waals surface area contributed by atoms with Gasteiger partial charge in [-0.3, -0.25) is 4.79 Å². The second kappa shape index (κ2) is 6.23. The lowest BCUT2D eigenvalue weighted by Gasteiger charge is -2.18. The van der Waals surface area contributed by atoms with Crippen LogP contribution < -0.4 is 5.32 Å². The van der Waals surface area contributed by atoms with Crippen LogP contribution in [0.4, 0.5) is 4.79 Å². The smallest absolute Gasteiger partial charge is 0.323 e. The van der Waals surface area contributed by atoms with E-state index in [1.807, 2.05) is 0 Å². The number of nitrogens with one attached hydrogen (secondary N) is 1. The summed E-state index contributed by atoms with van der Waals surface area (Å²) in [6, 6.07) is -0.340. The number of carbonyl (C=O) groups is 2. The number of aliphatic carboxylic acids is 1. The second-order valence-corrected chi connectivity index (χ2v) is 3.66. The molecule has 2 amide bonds. The number of amides is 2. The first kappa shape index (κ1) is 12.7. The van der Waals surface area contributed by atoms with Crippen LogP contribution in [-0.2, 0) is 4.79 Å². The molecule has 14 heavy (non-hydrogen) atoms. The van der Waals surface area contributed by atoms with Crippen LogP contribution in [0, 0.1) is 5.92 Å². The largest absolute Gasteiger partial charge is 0.480 e. The van der Waals surface area contributed by atoms with Crippen LogP contribution in [0.1, 0.15) is 20.3 Å². The zero-order chi connectivity index (χ0) is 11.1. The summed E-state index contributed by atoms with van der Waals surface area (Å²) in [5, 5.41) is 10.6. The van der Waals surface area contributed by atoms with E-state index in [9.17, 15) is 9.59 Å². The average Bonchev–Trinajstić information content (AvgIpc) is 2.09. The predicted octanol–water partition coefficient (Wildman–Crippen LogP) is 0.759. The van der Waals surface area contributed by atoms with Crippen molar-refractivity contribution in [1.29, 1.82) is 0 Å². The molecule has 0 aromatic rings. The third-order valence-electron chi connectivity index (χ3n) is 1.78. The van der Waals surface area contributed by atoms with Gasteiger partial charge >= 0.3 is 12.0 Å². The van der Waals surface area contributed by atoms with Crippen molar-refractivity contribution >= 4 is 12.0 Å². The summed E-state index contributed by atoms with van der Waals surface area (Å²) in [6.45, 7) is 4.46. The summed E-state index contributed by atoms with van der Waals surface area (Å²) in [6.07, 6.45) is 0.914. The third-order valence-corrected chi connectivity index (χ3v) is 1.78. The summed E-state index contributed by atoms with van der Waals surface area (Å²) >= 11 is 0. The van der Waals surface area contributed by atoms with Crippen LogP contribution >= 0.6 is 0 Å². The lowest BCUT2D eigenvalue weighted by atomic mass is 10.1. The van der Waals surface area contributed by atoms with E-state index in [4.69, 9.17) is 5.11 Å². The number of hydrogen-bond donors (Lipinski definition) is 2. The fourth-order valence-corrected chi connectivity index (χ4v) is 0.840. The fraction of sp³-hybridized carbons (Fsp3) is 0.778. The maximum Gasteiger partial charge on any atom is 0.323 e. The van der Waals surface area contributed by atoms with Crippen molar-refractivity contribution in [3.8, 4) is 0 Å². The minimum atomic E-state index is -1.03. The molecule has 5 heteroatoms. The number of carbonyl (C=O) groups excluding carboxylic acids is 1. The molecule has 0 rings (SSSR count). The van der Waals surface area contributed by atoms with Crippen LogP contribution in [0.5, 0.6) is 0 Å². The maximum absolute atomic E-state index is 11.2. The first-order chi connectivity index (χ1) is 6.43. The highest BCUT2D eigenvalue weighted by Gasteiger charge is 2.09. The number of nitrogens with zero attached hydrogens (tertiary/aromatic N) is 1. The lowest BCUT2D eigenvalue weighted by Crippen LogP contribution is -2.40. The van der Waals surface area contributed by atoms with Gasteiger partial charge in [-0.1, -0.05) is 13.8 Å². The zero-order valence-corrected chi connectivity index (χ0v) is 8.91. The molecule has 0 spiro atoms. The SMILES string of the molecule is CC(C)CCN(C)C(=O)NCC(=O)O. The molecule has 0 aromatic carbocycles. The molecule has 0 radical (unpaired) electrons. The molecule has 0 aliphatic rings. The Hall–Kier alpha value is -1.26. The molecular weight excluding hydrogens is 184 g/mol. The lowest BCUT2D eigenvalue weighted by molar-refractivity contribution is -0.135. The van der Waals surface area contributed by atoms with E-state index in [-0.39, 0.29) is 12.6 Å². The molecule has 82 valence electrons. The minimum Gasteiger partial charge on any atom is -0.480 e. The average molecular weight is 202 g/mol. The molecule has 0 aromatic heterocycles. The van der Waals surface area contributed by atoms with Crippen molar-refractivity contribution < 1.29 is 14.7 Å². The number of urea groups is 1. The molecule has 0 saturated carbocycles. The topological polar surface area (TPSA) is 69.6 Å². The summed E-state index contributed by atoms with van der Waals surface area (Å²) in [4.78, 5) is 22.9. The van der Waals surface area contributed by atoms with E-state index in [0.717, 1.165) is 6.42 Å². The van der Waals surface area contributed by atoms with E-state index < -0.39 is 5.97 Å². The van der Waals surface area contributed by atoms with Crippen LogP contribution in [0.3, 0.4) is 0 Å². The normalized spacial score (nSPS) is 10.0. The number of rotatable bonds is 5. The Balaban J connectivity index is 3.70. The maximum atomic E-state index is 11.2. The van der Waals surface area contributed by atoms with Crippen LogP contribution in [0.15, 0.2) is 0 Å². The van der Waals surface area contributed by atoms with E-state index >= 15 is 0 Å². The van der Waals surface area contributed by atoms with Gasteiger partial charge < -0.3 is 15.3 Å². The molecule has 0 fully saturated rings. The number of carboxylic acid groups (broad SMARTS) is 1. The highest BCUT2D eigenvalue weighted by molar-refractivity contribution is 5.79. The molecular formula is C9H18N2O3. The first-order valence-corrected chi connectivity index (χ1v) is 4.64. The Kier molecular flexibility index (Phi) is 5.67. The first-order valence-electron chi connectivity index (χ1n) is 4.64. The Bertz CT molecular complexity index is 204. The second-order valence-electron chi connectivity index (χ2n) is 3.66. The fourth-order valence-electron chi connectivity index (χ4n) is 0.840. The van der Waals surface area contributed by atoms with Gasteiger partial charge in [-0.15, -0.1) is 0 Å². The molecule has 5 nitrogen and oxygen atoms in total. The molecule has 0 heterocycles. The van der Waals surface area contributed by atoms with Crippen molar-refractivity contribution in [2.24, 2.45) is 5.92 Å². The van der Waals surface area contributed by atoms with E-state index in [2.05, 4.69) is 19.2 Å². The summed E-state index contributed by atoms with van der Waals surface area (Å²) < 4.78 is 0. The molecule has 0 saturated heterocycles. The highest BCUT2D eigenvalue weighted by atomic mass is 16.4. The monoisotopic (exact) mass is 202 g/mol. The molecule has 0 bridgehead atoms. The molecule has 2 N–H and O–H groups in total. The van der Waals surface area contributed by atoms with Gasteiger partial charge in [0.05, 0.1) is 0 Å². The van der Waals surface area contributed by atoms with Gasteiger partial charge in [0.15, 0.2) is 0 Å². The van der Waals surface area contributed by atoms with Crippen molar-refractivity contribution in [3.05, 3.63) is 0 Å². The van der Waals surface area contributed by atoms with Gasteiger partial charge in [-0.05, 0) is 12.3 Å². The van der Waals surface area contributed by atoms with Crippen molar-refractivity contribution in [2.75, 3.05) is 20.1 Å². The highest BCUT2D eigenvalue weighted by Crippen LogP contribution is 2.00. The quantitative estimate of drug-likeness (QED) is 0.691. The van der Waals surface area contributed by atoms with Gasteiger partial charge in [0.25, 0.3) is 0 Å². The van der Waals surface area contributed by atoms with Gasteiger partial charge in [0, 0.05) is 13.6 Å². The van der Waals surface area contributed by atoms with Crippen LogP contribution in [-0.4, -0.2) is 42.1 Å². The van der Waals surface area contributed by atoms with Crippen molar-refractivity contribution in [3.63, 3.8) is 0 Å². The Morgan fingerprint density at radius 3 is 2.43 bits per heavy atom. The Labute approximate surface area is 84.1 Å². The van der Waals surface area contributed by atoms with Gasteiger partial charge in [-0.2, -0.15) is 0 Å². The van der Waals surface area contributed by atoms with E-state index in [1.54, 1.807) is 7.05 Å². The van der Waals surface area contributed by atoms with E-state index in [0.29, 0.717) is 12.5 Å². The van der Waals surface area contributed by atoms with Crippen molar-refractivity contribution in [1.82, 2.24) is 10.2 Å².